The van der Waals surface area contributed by atoms with Gasteiger partial charge in [0.15, 0.2) is 11.4 Å². The first-order valence-electron chi connectivity index (χ1n) is 8.75. The van der Waals surface area contributed by atoms with Gasteiger partial charge < -0.3 is 10.0 Å². The summed E-state index contributed by atoms with van der Waals surface area (Å²) in [6.07, 6.45) is 3.02. The van der Waals surface area contributed by atoms with Crippen LogP contribution in [0.25, 0.3) is 5.65 Å². The number of ketones is 1. The molecule has 3 aromatic rings. The zero-order valence-corrected chi connectivity index (χ0v) is 14.7. The Morgan fingerprint density at radius 1 is 1.04 bits per heavy atom. The Morgan fingerprint density at radius 2 is 1.78 bits per heavy atom. The van der Waals surface area contributed by atoms with Crippen LogP contribution in [0.5, 0.6) is 0 Å². The lowest BCUT2D eigenvalue weighted by atomic mass is 10.1. The molecule has 0 bridgehead atoms. The summed E-state index contributed by atoms with van der Waals surface area (Å²) < 4.78 is 1.46. The normalized spacial score (nSPS) is 15.2. The molecule has 0 spiro atoms. The number of piperazine rings is 1. The van der Waals surface area contributed by atoms with Crippen LogP contribution in [0.15, 0.2) is 48.8 Å². The minimum absolute atomic E-state index is 0.0870. The maximum absolute atomic E-state index is 12.3. The predicted molar refractivity (Wildman–Crippen MR) is 99.4 cm³/mol. The van der Waals surface area contributed by atoms with Gasteiger partial charge in [-0.2, -0.15) is 5.10 Å². The van der Waals surface area contributed by atoms with Gasteiger partial charge in [0, 0.05) is 37.9 Å². The highest BCUT2D eigenvalue weighted by Crippen LogP contribution is 2.17. The lowest BCUT2D eigenvalue weighted by Crippen LogP contribution is -2.48. The van der Waals surface area contributed by atoms with Gasteiger partial charge >= 0.3 is 5.97 Å². The summed E-state index contributed by atoms with van der Waals surface area (Å²) in [6.45, 7) is 3.34. The summed E-state index contributed by atoms with van der Waals surface area (Å²) in [7, 11) is 0. The third-order valence-corrected chi connectivity index (χ3v) is 4.74. The molecule has 1 aliphatic rings. The molecule has 0 amide bonds. The predicted octanol–water partition coefficient (Wildman–Crippen LogP) is 1.43. The number of carboxylic acids is 1. The summed E-state index contributed by atoms with van der Waals surface area (Å²) in [5, 5.41) is 13.2. The Kier molecular flexibility index (Phi) is 4.55. The zero-order chi connectivity index (χ0) is 18.8. The standard InChI is InChI=1S/C19H19N5O3/c25-16(14-4-2-1-3-5-14)13-22-8-10-23(11-9-22)17-6-7-24-18(21-17)15(12-20-24)19(26)27/h1-7,12H,8-11,13H2,(H,26,27). The number of benzene rings is 1. The zero-order valence-electron chi connectivity index (χ0n) is 14.7. The van der Waals surface area contributed by atoms with E-state index < -0.39 is 5.97 Å². The van der Waals surface area contributed by atoms with Gasteiger partial charge in [0.25, 0.3) is 0 Å². The third kappa shape index (κ3) is 3.52. The van der Waals surface area contributed by atoms with E-state index in [1.54, 1.807) is 6.20 Å². The number of hydrogen-bond acceptors (Lipinski definition) is 6. The average Bonchev–Trinajstić information content (AvgIpc) is 3.13. The van der Waals surface area contributed by atoms with Gasteiger partial charge in [0.05, 0.1) is 12.7 Å². The fourth-order valence-electron chi connectivity index (χ4n) is 3.24. The molecule has 1 saturated heterocycles. The molecule has 27 heavy (non-hydrogen) atoms. The van der Waals surface area contributed by atoms with Gasteiger partial charge in [-0.15, -0.1) is 0 Å². The maximum Gasteiger partial charge on any atom is 0.341 e. The first kappa shape index (κ1) is 17.2. The number of hydrogen-bond donors (Lipinski definition) is 1. The molecule has 1 N–H and O–H groups in total. The van der Waals surface area contributed by atoms with E-state index in [1.165, 1.54) is 10.7 Å². The molecule has 138 valence electrons. The third-order valence-electron chi connectivity index (χ3n) is 4.74. The highest BCUT2D eigenvalue weighted by atomic mass is 16.4. The number of aromatic nitrogens is 3. The molecular formula is C19H19N5O3. The number of carbonyl (C=O) groups is 2. The second-order valence-corrected chi connectivity index (χ2v) is 6.47. The molecule has 0 saturated carbocycles. The maximum atomic E-state index is 12.3. The van der Waals surface area contributed by atoms with Crippen LogP contribution in [0.2, 0.25) is 0 Å². The molecular weight excluding hydrogens is 346 g/mol. The molecule has 8 nitrogen and oxygen atoms in total. The number of carboxylic acid groups (broad SMARTS) is 1. The van der Waals surface area contributed by atoms with Crippen molar-refractivity contribution in [3.63, 3.8) is 0 Å². The van der Waals surface area contributed by atoms with Crippen LogP contribution >= 0.6 is 0 Å². The lowest BCUT2D eigenvalue weighted by Gasteiger charge is -2.35. The Morgan fingerprint density at radius 3 is 2.48 bits per heavy atom. The van der Waals surface area contributed by atoms with E-state index in [9.17, 15) is 14.7 Å². The molecule has 8 heteroatoms. The summed E-state index contributed by atoms with van der Waals surface area (Å²) in [5.41, 5.74) is 1.15. The van der Waals surface area contributed by atoms with Crippen molar-refractivity contribution >= 4 is 23.2 Å². The number of aromatic carboxylic acids is 1. The van der Waals surface area contributed by atoms with Crippen molar-refractivity contribution in [3.8, 4) is 0 Å². The smallest absolute Gasteiger partial charge is 0.341 e. The van der Waals surface area contributed by atoms with Crippen LogP contribution in [-0.4, -0.2) is 69.1 Å². The van der Waals surface area contributed by atoms with Gasteiger partial charge in [-0.3, -0.25) is 9.69 Å². The molecule has 1 fully saturated rings. The van der Waals surface area contributed by atoms with Crippen molar-refractivity contribution in [1.82, 2.24) is 19.5 Å². The van der Waals surface area contributed by atoms with Crippen molar-refractivity contribution < 1.29 is 14.7 Å². The van der Waals surface area contributed by atoms with E-state index in [1.807, 2.05) is 36.4 Å². The van der Waals surface area contributed by atoms with Crippen molar-refractivity contribution in [2.75, 3.05) is 37.6 Å². The van der Waals surface area contributed by atoms with Crippen LogP contribution in [-0.2, 0) is 0 Å². The second kappa shape index (κ2) is 7.16. The largest absolute Gasteiger partial charge is 0.477 e. The van der Waals surface area contributed by atoms with E-state index in [0.717, 1.165) is 37.6 Å². The topological polar surface area (TPSA) is 91.0 Å². The quantitative estimate of drug-likeness (QED) is 0.684. The first-order valence-corrected chi connectivity index (χ1v) is 8.75. The molecule has 1 aromatic carbocycles. The highest BCUT2D eigenvalue weighted by molar-refractivity contribution is 5.97. The fourth-order valence-corrected chi connectivity index (χ4v) is 3.24. The second-order valence-electron chi connectivity index (χ2n) is 6.47. The van der Waals surface area contributed by atoms with E-state index in [0.29, 0.717) is 12.2 Å². The Balaban J connectivity index is 1.42. The highest BCUT2D eigenvalue weighted by Gasteiger charge is 2.21. The molecule has 1 aliphatic heterocycles. The Hall–Kier alpha value is -3.26. The Labute approximate surface area is 155 Å². The summed E-state index contributed by atoms with van der Waals surface area (Å²) in [5.74, 6) is -0.201. The van der Waals surface area contributed by atoms with Crippen LogP contribution in [0.3, 0.4) is 0 Å². The lowest BCUT2D eigenvalue weighted by molar-refractivity contribution is 0.0698. The SMILES string of the molecule is O=C(CN1CCN(c2ccn3ncc(C(=O)O)c3n2)CC1)c1ccccc1. The average molecular weight is 365 g/mol. The van der Waals surface area contributed by atoms with Crippen LogP contribution in [0, 0.1) is 0 Å². The monoisotopic (exact) mass is 365 g/mol. The fraction of sp³-hybridized carbons (Fsp3) is 0.263. The molecule has 0 atom stereocenters. The van der Waals surface area contributed by atoms with Crippen molar-refractivity contribution in [1.29, 1.82) is 0 Å². The number of carbonyl (C=O) groups excluding carboxylic acids is 1. The number of rotatable bonds is 5. The van der Waals surface area contributed by atoms with Crippen molar-refractivity contribution in [2.45, 2.75) is 0 Å². The van der Waals surface area contributed by atoms with Gasteiger partial charge in [-0.1, -0.05) is 30.3 Å². The van der Waals surface area contributed by atoms with Gasteiger partial charge in [-0.25, -0.2) is 14.3 Å². The van der Waals surface area contributed by atoms with Crippen LogP contribution in [0.4, 0.5) is 5.82 Å². The van der Waals surface area contributed by atoms with Gasteiger partial charge in [-0.05, 0) is 6.07 Å². The van der Waals surface area contributed by atoms with Gasteiger partial charge in [0.2, 0.25) is 0 Å². The number of anilines is 1. The first-order chi connectivity index (χ1) is 13.1. The van der Waals surface area contributed by atoms with E-state index >= 15 is 0 Å². The van der Waals surface area contributed by atoms with E-state index in [-0.39, 0.29) is 11.3 Å². The van der Waals surface area contributed by atoms with Crippen LogP contribution in [0.1, 0.15) is 20.7 Å². The van der Waals surface area contributed by atoms with Crippen molar-refractivity contribution in [2.24, 2.45) is 0 Å². The summed E-state index contributed by atoms with van der Waals surface area (Å²) >= 11 is 0. The molecule has 3 heterocycles. The van der Waals surface area contributed by atoms with E-state index in [4.69, 9.17) is 0 Å². The minimum atomic E-state index is -1.04. The number of nitrogens with zero attached hydrogens (tertiary/aromatic N) is 5. The summed E-state index contributed by atoms with van der Waals surface area (Å²) in [6, 6.07) is 11.1. The number of Topliss-reactive ketones (excluding diaryl/α,β-unsaturated/α-hetero) is 1. The van der Waals surface area contributed by atoms with Crippen molar-refractivity contribution in [3.05, 3.63) is 59.9 Å². The minimum Gasteiger partial charge on any atom is -0.477 e. The van der Waals surface area contributed by atoms with Crippen LogP contribution < -0.4 is 4.90 Å². The summed E-state index contributed by atoms with van der Waals surface area (Å²) in [4.78, 5) is 32.3. The van der Waals surface area contributed by atoms with Gasteiger partial charge in [0.1, 0.15) is 11.4 Å². The molecule has 2 aromatic heterocycles. The molecule has 0 aliphatic carbocycles. The molecule has 4 rings (SSSR count). The van der Waals surface area contributed by atoms with E-state index in [2.05, 4.69) is 19.9 Å². The molecule has 0 unspecified atom stereocenters. The number of fused-ring (bicyclic) bond motifs is 1. The molecule has 0 radical (unpaired) electrons. The Bertz CT molecular complexity index is 977.